The second-order valence-electron chi connectivity index (χ2n) is 5.15. The lowest BCUT2D eigenvalue weighted by Crippen LogP contribution is -2.46. The molecule has 2 aromatic rings. The Hall–Kier alpha value is -2.44. The van der Waals surface area contributed by atoms with Crippen LogP contribution in [-0.4, -0.2) is 56.6 Å². The normalized spacial score (nSPS) is 16.0. The average molecular weight is 286 g/mol. The van der Waals surface area contributed by atoms with Gasteiger partial charge in [-0.15, -0.1) is 0 Å². The molecule has 21 heavy (non-hydrogen) atoms. The van der Waals surface area contributed by atoms with Gasteiger partial charge in [-0.25, -0.2) is 19.7 Å². The van der Waals surface area contributed by atoms with Gasteiger partial charge < -0.3 is 9.80 Å². The molecule has 0 atom stereocenters. The van der Waals surface area contributed by atoms with Crippen molar-refractivity contribution in [1.29, 1.82) is 0 Å². The summed E-state index contributed by atoms with van der Waals surface area (Å²) >= 11 is 0. The summed E-state index contributed by atoms with van der Waals surface area (Å²) in [7, 11) is 1.85. The van der Waals surface area contributed by atoms with Crippen LogP contribution in [-0.2, 0) is 0 Å². The molecule has 0 saturated carbocycles. The van der Waals surface area contributed by atoms with Gasteiger partial charge in [-0.2, -0.15) is 0 Å². The van der Waals surface area contributed by atoms with Crippen LogP contribution in [0.5, 0.6) is 0 Å². The van der Waals surface area contributed by atoms with E-state index in [4.69, 9.17) is 0 Å². The molecule has 3 heterocycles. The van der Waals surface area contributed by atoms with Crippen LogP contribution in [0.15, 0.2) is 37.3 Å². The van der Waals surface area contributed by atoms with E-state index in [1.54, 1.807) is 29.8 Å². The fraction of sp³-hybridized carbons (Fsp3) is 0.429. The zero-order chi connectivity index (χ0) is 14.7. The van der Waals surface area contributed by atoms with E-state index in [1.165, 1.54) is 10.9 Å². The van der Waals surface area contributed by atoms with E-state index >= 15 is 0 Å². The van der Waals surface area contributed by atoms with Crippen molar-refractivity contribution in [3.05, 3.63) is 37.3 Å². The number of aromatic nitrogens is 4. The number of rotatable bonds is 2. The Morgan fingerprint density at radius 1 is 1.29 bits per heavy atom. The Balaban J connectivity index is 1.59. The maximum Gasteiger partial charge on any atom is 0.329 e. The van der Waals surface area contributed by atoms with Gasteiger partial charge in [-0.05, 0) is 18.9 Å². The zero-order valence-corrected chi connectivity index (χ0v) is 12.0. The summed E-state index contributed by atoms with van der Waals surface area (Å²) < 4.78 is 1.51. The summed E-state index contributed by atoms with van der Waals surface area (Å²) in [5, 5.41) is 0. The van der Waals surface area contributed by atoms with Crippen molar-refractivity contribution in [1.82, 2.24) is 24.4 Å². The number of carbonyl (C=O) groups excluding carboxylic acids is 1. The van der Waals surface area contributed by atoms with Gasteiger partial charge >= 0.3 is 6.03 Å². The number of amides is 1. The molecule has 0 spiro atoms. The second kappa shape index (κ2) is 5.90. The highest BCUT2D eigenvalue weighted by Crippen LogP contribution is 2.20. The van der Waals surface area contributed by atoms with Crippen molar-refractivity contribution < 1.29 is 4.79 Å². The van der Waals surface area contributed by atoms with Gasteiger partial charge in [0.25, 0.3) is 0 Å². The zero-order valence-electron chi connectivity index (χ0n) is 12.0. The van der Waals surface area contributed by atoms with E-state index in [0.717, 1.165) is 31.7 Å². The molecule has 2 aromatic heterocycles. The molecule has 0 bridgehead atoms. The van der Waals surface area contributed by atoms with Gasteiger partial charge in [-0.3, -0.25) is 4.57 Å². The minimum atomic E-state index is -0.0343. The molecule has 1 saturated heterocycles. The van der Waals surface area contributed by atoms with Gasteiger partial charge in [0.2, 0.25) is 0 Å². The minimum Gasteiger partial charge on any atom is -0.356 e. The molecule has 0 unspecified atom stereocenters. The predicted octanol–water partition coefficient (Wildman–Crippen LogP) is 1.24. The molecule has 1 aliphatic rings. The first kappa shape index (κ1) is 13.5. The van der Waals surface area contributed by atoms with Crippen molar-refractivity contribution in [2.75, 3.05) is 25.0 Å². The SMILES string of the molecule is CN(C(=O)n1ccnc1)C1CCN(c2ccncn2)CC1. The van der Waals surface area contributed by atoms with Crippen LogP contribution in [0.4, 0.5) is 10.6 Å². The maximum atomic E-state index is 12.3. The molecule has 1 aliphatic heterocycles. The third kappa shape index (κ3) is 2.86. The van der Waals surface area contributed by atoms with Gasteiger partial charge in [0.1, 0.15) is 18.5 Å². The highest BCUT2D eigenvalue weighted by molar-refractivity contribution is 5.76. The van der Waals surface area contributed by atoms with Gasteiger partial charge in [-0.1, -0.05) is 0 Å². The first-order chi connectivity index (χ1) is 10.3. The molecule has 110 valence electrons. The molecule has 3 rings (SSSR count). The van der Waals surface area contributed by atoms with Crippen molar-refractivity contribution >= 4 is 11.8 Å². The number of hydrogen-bond donors (Lipinski definition) is 0. The lowest BCUT2D eigenvalue weighted by atomic mass is 10.0. The second-order valence-corrected chi connectivity index (χ2v) is 5.15. The van der Waals surface area contributed by atoms with E-state index in [2.05, 4.69) is 19.9 Å². The third-order valence-electron chi connectivity index (χ3n) is 3.93. The largest absolute Gasteiger partial charge is 0.356 e. The summed E-state index contributed by atoms with van der Waals surface area (Å²) in [4.78, 5) is 28.4. The first-order valence-electron chi connectivity index (χ1n) is 7.02. The number of hydrogen-bond acceptors (Lipinski definition) is 5. The Labute approximate surface area is 123 Å². The van der Waals surface area contributed by atoms with Gasteiger partial charge in [0.05, 0.1) is 0 Å². The van der Waals surface area contributed by atoms with Crippen molar-refractivity contribution in [2.45, 2.75) is 18.9 Å². The summed E-state index contributed by atoms with van der Waals surface area (Å²) in [5.41, 5.74) is 0. The standard InChI is InChI=1S/C14H18N6O/c1-18(14(21)20-9-6-16-11-20)12-3-7-19(8-4-12)13-2-5-15-10-17-13/h2,5-6,9-12H,3-4,7-8H2,1H3. The molecule has 0 radical (unpaired) electrons. The summed E-state index contributed by atoms with van der Waals surface area (Å²) in [6.45, 7) is 1.78. The number of carbonyl (C=O) groups is 1. The maximum absolute atomic E-state index is 12.3. The van der Waals surface area contributed by atoms with E-state index in [-0.39, 0.29) is 12.1 Å². The van der Waals surface area contributed by atoms with Crippen LogP contribution in [0.3, 0.4) is 0 Å². The van der Waals surface area contributed by atoms with Crippen LogP contribution < -0.4 is 4.90 Å². The van der Waals surface area contributed by atoms with Crippen LogP contribution in [0.2, 0.25) is 0 Å². The lowest BCUT2D eigenvalue weighted by molar-refractivity contribution is 0.181. The number of imidazole rings is 1. The Morgan fingerprint density at radius 3 is 2.71 bits per heavy atom. The Bertz CT molecular complexity index is 577. The fourth-order valence-corrected chi connectivity index (χ4v) is 2.66. The van der Waals surface area contributed by atoms with E-state index in [9.17, 15) is 4.79 Å². The van der Waals surface area contributed by atoms with Crippen molar-refractivity contribution in [3.63, 3.8) is 0 Å². The van der Waals surface area contributed by atoms with E-state index in [1.807, 2.05) is 13.1 Å². The number of piperidine rings is 1. The molecule has 1 amide bonds. The highest BCUT2D eigenvalue weighted by atomic mass is 16.2. The molecule has 7 nitrogen and oxygen atoms in total. The topological polar surface area (TPSA) is 67.2 Å². The molecule has 0 N–H and O–H groups in total. The molecule has 0 aromatic carbocycles. The lowest BCUT2D eigenvalue weighted by Gasteiger charge is -2.37. The molecular weight excluding hydrogens is 268 g/mol. The predicted molar refractivity (Wildman–Crippen MR) is 78.1 cm³/mol. The number of nitrogens with zero attached hydrogens (tertiary/aromatic N) is 6. The Kier molecular flexibility index (Phi) is 3.81. The summed E-state index contributed by atoms with van der Waals surface area (Å²) in [6.07, 6.45) is 10.0. The smallest absolute Gasteiger partial charge is 0.329 e. The molecular formula is C14H18N6O. The summed E-state index contributed by atoms with van der Waals surface area (Å²) in [6, 6.07) is 2.13. The molecule has 7 heteroatoms. The Morgan fingerprint density at radius 2 is 2.10 bits per heavy atom. The van der Waals surface area contributed by atoms with Gasteiger partial charge in [0, 0.05) is 44.8 Å². The molecule has 0 aliphatic carbocycles. The van der Waals surface area contributed by atoms with E-state index in [0.29, 0.717) is 0 Å². The first-order valence-corrected chi connectivity index (χ1v) is 7.02. The van der Waals surface area contributed by atoms with Crippen molar-refractivity contribution in [2.24, 2.45) is 0 Å². The average Bonchev–Trinajstić information content (AvgIpc) is 3.09. The van der Waals surface area contributed by atoms with Crippen LogP contribution in [0.1, 0.15) is 12.8 Å². The summed E-state index contributed by atoms with van der Waals surface area (Å²) in [5.74, 6) is 0.951. The third-order valence-corrected chi connectivity index (χ3v) is 3.93. The monoisotopic (exact) mass is 286 g/mol. The van der Waals surface area contributed by atoms with Crippen LogP contribution in [0.25, 0.3) is 0 Å². The molecule has 1 fully saturated rings. The minimum absolute atomic E-state index is 0.0343. The highest BCUT2D eigenvalue weighted by Gasteiger charge is 2.26. The van der Waals surface area contributed by atoms with Crippen LogP contribution >= 0.6 is 0 Å². The fourth-order valence-electron chi connectivity index (χ4n) is 2.66. The van der Waals surface area contributed by atoms with E-state index < -0.39 is 0 Å². The van der Waals surface area contributed by atoms with Gasteiger partial charge in [0.15, 0.2) is 0 Å². The van der Waals surface area contributed by atoms with Crippen molar-refractivity contribution in [3.8, 4) is 0 Å². The number of anilines is 1. The quantitative estimate of drug-likeness (QED) is 0.831. The van der Waals surface area contributed by atoms with Crippen LogP contribution in [0, 0.1) is 0 Å².